The zero-order valence-corrected chi connectivity index (χ0v) is 10.2. The first-order valence-corrected chi connectivity index (χ1v) is 5.96. The number of nitrogens with one attached hydrogen (secondary N) is 3. The van der Waals surface area contributed by atoms with Gasteiger partial charge in [-0.2, -0.15) is 0 Å². The Hall–Kier alpha value is -0.880. The van der Waals surface area contributed by atoms with Gasteiger partial charge in [-0.3, -0.25) is 4.79 Å². The van der Waals surface area contributed by atoms with Crippen LogP contribution in [0.25, 0.3) is 0 Å². The van der Waals surface area contributed by atoms with Crippen molar-refractivity contribution in [2.45, 2.75) is 19.4 Å². The Morgan fingerprint density at radius 3 is 2.88 bits per heavy atom. The summed E-state index contributed by atoms with van der Waals surface area (Å²) in [6.45, 7) is 3.46. The van der Waals surface area contributed by atoms with Crippen LogP contribution in [0.4, 0.5) is 0 Å². The summed E-state index contributed by atoms with van der Waals surface area (Å²) in [4.78, 5) is 11.6. The van der Waals surface area contributed by atoms with E-state index in [-0.39, 0.29) is 11.6 Å². The first kappa shape index (κ1) is 11.6. The van der Waals surface area contributed by atoms with Crippen molar-refractivity contribution >= 4 is 18.7 Å². The highest BCUT2D eigenvalue weighted by molar-refractivity contribution is 7.78. The number of fused-ring (bicyclic) bond motifs is 1. The van der Waals surface area contributed by atoms with Crippen LogP contribution in [-0.2, 0) is 4.79 Å². The summed E-state index contributed by atoms with van der Waals surface area (Å²) in [7, 11) is 0. The van der Waals surface area contributed by atoms with Crippen LogP contribution in [0.5, 0.6) is 0 Å². The molecule has 0 spiro atoms. The number of thiol groups is 1. The lowest BCUT2D eigenvalue weighted by atomic mass is 10.2. The highest BCUT2D eigenvalue weighted by atomic mass is 32.1. The fourth-order valence-corrected chi connectivity index (χ4v) is 2.33. The summed E-state index contributed by atoms with van der Waals surface area (Å²) < 4.78 is 2.56. The number of nitrogens with two attached hydrogens (primary N) is 1. The molecule has 0 unspecified atom stereocenters. The van der Waals surface area contributed by atoms with Crippen LogP contribution in [0.15, 0.2) is 11.4 Å². The molecule has 2 rings (SSSR count). The lowest BCUT2D eigenvalue weighted by molar-refractivity contribution is -0.117. The zero-order chi connectivity index (χ0) is 11.7. The lowest BCUT2D eigenvalue weighted by Gasteiger charge is -2.14. The predicted octanol–water partition coefficient (Wildman–Crippen LogP) is -0.665. The third-order valence-electron chi connectivity index (χ3n) is 3.44. The van der Waals surface area contributed by atoms with E-state index in [0.29, 0.717) is 18.3 Å². The normalized spacial score (nSPS) is 32.8. The number of hydrogen-bond donors (Lipinski definition) is 5. The number of carbonyl (C=O) groups excluding carboxylic acids is 1. The molecule has 0 aromatic rings. The molecule has 1 aliphatic carbocycles. The number of amides is 1. The smallest absolute Gasteiger partial charge is 0.269 e. The van der Waals surface area contributed by atoms with Crippen molar-refractivity contribution in [3.8, 4) is 0 Å². The molecule has 5 N–H and O–H groups in total. The summed E-state index contributed by atoms with van der Waals surface area (Å²) in [6.07, 6.45) is 1.30. The molecule has 5 nitrogen and oxygen atoms in total. The summed E-state index contributed by atoms with van der Waals surface area (Å²) in [6, 6.07) is 0.422. The van der Waals surface area contributed by atoms with Gasteiger partial charge in [-0.15, -0.1) is 0 Å². The Morgan fingerprint density at radius 1 is 1.62 bits per heavy atom. The number of allylic oxidation sites excluding steroid dienone is 1. The van der Waals surface area contributed by atoms with Crippen LogP contribution in [0.2, 0.25) is 0 Å². The van der Waals surface area contributed by atoms with Gasteiger partial charge in [-0.25, -0.2) is 0 Å². The molecule has 3 atom stereocenters. The maximum absolute atomic E-state index is 11.6. The fraction of sp³-hybridized carbons (Fsp3) is 0.700. The van der Waals surface area contributed by atoms with Crippen molar-refractivity contribution in [3.05, 3.63) is 11.4 Å². The summed E-state index contributed by atoms with van der Waals surface area (Å²) in [5.74, 6) is 1.37. The first-order chi connectivity index (χ1) is 7.63. The zero-order valence-electron chi connectivity index (χ0n) is 9.29. The van der Waals surface area contributed by atoms with Crippen LogP contribution in [0.1, 0.15) is 13.3 Å². The molecule has 1 aliphatic heterocycles. The van der Waals surface area contributed by atoms with Crippen LogP contribution in [-0.4, -0.2) is 25.0 Å². The van der Waals surface area contributed by atoms with E-state index in [4.69, 9.17) is 5.73 Å². The van der Waals surface area contributed by atoms with E-state index in [2.05, 4.69) is 28.2 Å². The quantitative estimate of drug-likeness (QED) is 0.335. The van der Waals surface area contributed by atoms with E-state index in [1.807, 2.05) is 0 Å². The van der Waals surface area contributed by atoms with Crippen molar-refractivity contribution < 1.29 is 4.79 Å². The first-order valence-electron chi connectivity index (χ1n) is 5.51. The number of carbonyl (C=O) groups is 1. The van der Waals surface area contributed by atoms with Crippen molar-refractivity contribution in [3.63, 3.8) is 0 Å². The van der Waals surface area contributed by atoms with Gasteiger partial charge in [0.15, 0.2) is 0 Å². The van der Waals surface area contributed by atoms with Crippen LogP contribution in [0, 0.1) is 11.8 Å². The van der Waals surface area contributed by atoms with Gasteiger partial charge < -0.3 is 21.1 Å². The Morgan fingerprint density at radius 2 is 2.38 bits per heavy atom. The fourth-order valence-electron chi connectivity index (χ4n) is 2.20. The minimum Gasteiger partial charge on any atom is -0.393 e. The van der Waals surface area contributed by atoms with Gasteiger partial charge in [0.2, 0.25) is 0 Å². The second kappa shape index (κ2) is 4.55. The van der Waals surface area contributed by atoms with E-state index in [0.717, 1.165) is 18.4 Å². The highest BCUT2D eigenvalue weighted by Crippen LogP contribution is 2.44. The molecule has 0 radical (unpaired) electrons. The van der Waals surface area contributed by atoms with Gasteiger partial charge in [0.1, 0.15) is 5.70 Å². The standard InChI is InChI=1S/C10H18N4OS/c1-5(14-16)9(11)10(15)13-4-8-7-2-6(7)3-12-8/h6-8,12,14,16H,2-4,11H2,1H3,(H,13,15)/b9-5-/t6-,7-,8-/m1/s1. The average molecular weight is 242 g/mol. The molecule has 2 fully saturated rings. The van der Waals surface area contributed by atoms with Gasteiger partial charge in [-0.1, -0.05) is 12.8 Å². The van der Waals surface area contributed by atoms with Crippen molar-refractivity contribution in [1.29, 1.82) is 0 Å². The van der Waals surface area contributed by atoms with E-state index in [1.54, 1.807) is 6.92 Å². The van der Waals surface area contributed by atoms with E-state index in [1.165, 1.54) is 6.42 Å². The topological polar surface area (TPSA) is 79.2 Å². The molecule has 1 saturated heterocycles. The SMILES string of the molecule is C/C(NS)=C(/N)C(=O)NC[C@H]1NC[C@H]2C[C@H]21. The predicted molar refractivity (Wildman–Crippen MR) is 65.4 cm³/mol. The van der Waals surface area contributed by atoms with Crippen molar-refractivity contribution in [2.75, 3.05) is 13.1 Å². The highest BCUT2D eigenvalue weighted by Gasteiger charge is 2.47. The number of rotatable bonds is 4. The Bertz CT molecular complexity index is 331. The average Bonchev–Trinajstić information content (AvgIpc) is 2.98. The summed E-state index contributed by atoms with van der Waals surface area (Å²) >= 11 is 3.85. The molecule has 90 valence electrons. The van der Waals surface area contributed by atoms with Gasteiger partial charge in [0, 0.05) is 18.3 Å². The third kappa shape index (κ3) is 2.27. The van der Waals surface area contributed by atoms with Crippen LogP contribution >= 0.6 is 12.8 Å². The molecule has 0 bridgehead atoms. The molecular formula is C10H18N4OS. The second-order valence-electron chi connectivity index (χ2n) is 4.53. The van der Waals surface area contributed by atoms with E-state index < -0.39 is 0 Å². The molecule has 6 heteroatoms. The molecule has 0 aromatic heterocycles. The number of hydrogen-bond acceptors (Lipinski definition) is 5. The van der Waals surface area contributed by atoms with E-state index in [9.17, 15) is 4.79 Å². The second-order valence-corrected chi connectivity index (χ2v) is 4.76. The Kier molecular flexibility index (Phi) is 3.30. The molecule has 1 heterocycles. The summed E-state index contributed by atoms with van der Waals surface area (Å²) in [5, 5.41) is 6.23. The molecule has 0 aromatic carbocycles. The Labute approximate surface area is 101 Å². The van der Waals surface area contributed by atoms with Crippen molar-refractivity contribution in [2.24, 2.45) is 17.6 Å². The lowest BCUT2D eigenvalue weighted by Crippen LogP contribution is -2.41. The minimum atomic E-state index is -0.232. The van der Waals surface area contributed by atoms with E-state index >= 15 is 0 Å². The summed E-state index contributed by atoms with van der Waals surface area (Å²) in [5.41, 5.74) is 6.41. The maximum atomic E-state index is 11.6. The molecular weight excluding hydrogens is 224 g/mol. The third-order valence-corrected chi connectivity index (χ3v) is 3.77. The van der Waals surface area contributed by atoms with Gasteiger partial charge in [-0.05, 0) is 31.7 Å². The van der Waals surface area contributed by atoms with Gasteiger partial charge in [0.05, 0.1) is 0 Å². The molecule has 1 amide bonds. The minimum absolute atomic E-state index is 0.195. The largest absolute Gasteiger partial charge is 0.393 e. The van der Waals surface area contributed by atoms with Gasteiger partial charge >= 0.3 is 0 Å². The monoisotopic (exact) mass is 242 g/mol. The molecule has 2 aliphatic rings. The van der Waals surface area contributed by atoms with Crippen LogP contribution < -0.4 is 21.1 Å². The van der Waals surface area contributed by atoms with Crippen LogP contribution in [0.3, 0.4) is 0 Å². The molecule has 1 saturated carbocycles. The molecule has 16 heavy (non-hydrogen) atoms. The van der Waals surface area contributed by atoms with Gasteiger partial charge in [0.25, 0.3) is 5.91 Å². The Balaban J connectivity index is 1.79. The van der Waals surface area contributed by atoms with Crippen molar-refractivity contribution in [1.82, 2.24) is 15.4 Å². The number of piperidine rings is 1. The maximum Gasteiger partial charge on any atom is 0.269 e.